The molecule has 0 bridgehead atoms. The number of aldehydes is 1. The van der Waals surface area contributed by atoms with Crippen LogP contribution in [-0.4, -0.2) is 37.1 Å². The number of aliphatic imine (C=N–C) groups is 1. The second-order valence-electron chi connectivity index (χ2n) is 5.37. The summed E-state index contributed by atoms with van der Waals surface area (Å²) in [6.45, 7) is 0.487. The Balaban J connectivity index is 0.00000312. The number of rotatable bonds is 5. The molecule has 0 radical (unpaired) electrons. The number of amidine groups is 1. The number of nitrogens with two attached hydrogens (primary N) is 1. The molecular formula is C18H22ClN5O. The molecule has 0 amide bonds. The minimum atomic E-state index is 0. The van der Waals surface area contributed by atoms with E-state index in [1.165, 1.54) is 0 Å². The Bertz CT molecular complexity index is 727. The number of hydrogen-bond acceptors (Lipinski definition) is 3. The monoisotopic (exact) mass is 359 g/mol. The van der Waals surface area contributed by atoms with Gasteiger partial charge in [-0.15, -0.1) is 12.4 Å². The minimum absolute atomic E-state index is 0. The summed E-state index contributed by atoms with van der Waals surface area (Å²) in [5.41, 5.74) is 11.2. The van der Waals surface area contributed by atoms with E-state index in [0.717, 1.165) is 17.4 Å². The molecule has 0 saturated heterocycles. The van der Waals surface area contributed by atoms with Gasteiger partial charge in [-0.1, -0.05) is 54.6 Å². The van der Waals surface area contributed by atoms with E-state index in [0.29, 0.717) is 17.9 Å². The second-order valence-corrected chi connectivity index (χ2v) is 5.37. The smallest absolute Gasteiger partial charge is 0.209 e. The van der Waals surface area contributed by atoms with Crippen LogP contribution in [0.15, 0.2) is 64.7 Å². The molecule has 0 aliphatic carbocycles. The lowest BCUT2D eigenvalue weighted by Gasteiger charge is -2.16. The second kappa shape index (κ2) is 10.1. The van der Waals surface area contributed by atoms with E-state index in [1.54, 1.807) is 12.1 Å². The van der Waals surface area contributed by atoms with Gasteiger partial charge in [-0.05, 0) is 5.56 Å². The van der Waals surface area contributed by atoms with E-state index in [9.17, 15) is 4.79 Å². The number of carbonyl (C=O) groups is 1. The van der Waals surface area contributed by atoms with Crippen molar-refractivity contribution in [1.82, 2.24) is 10.3 Å². The molecule has 2 rings (SSSR count). The molecule has 0 spiro atoms. The van der Waals surface area contributed by atoms with Gasteiger partial charge in [0.25, 0.3) is 0 Å². The summed E-state index contributed by atoms with van der Waals surface area (Å²) in [6.07, 6.45) is 0.808. The fourth-order valence-electron chi connectivity index (χ4n) is 2.04. The van der Waals surface area contributed by atoms with Crippen molar-refractivity contribution in [3.63, 3.8) is 0 Å². The Kier molecular flexibility index (Phi) is 8.15. The highest BCUT2D eigenvalue weighted by atomic mass is 35.5. The Morgan fingerprint density at radius 2 is 1.76 bits per heavy atom. The van der Waals surface area contributed by atoms with Crippen molar-refractivity contribution in [2.45, 2.75) is 6.54 Å². The summed E-state index contributed by atoms with van der Waals surface area (Å²) in [4.78, 5) is 16.9. The van der Waals surface area contributed by atoms with Crippen LogP contribution in [0.5, 0.6) is 0 Å². The van der Waals surface area contributed by atoms with Crippen LogP contribution in [0.25, 0.3) is 0 Å². The van der Waals surface area contributed by atoms with Gasteiger partial charge in [0.05, 0.1) is 6.54 Å². The molecule has 2 aromatic carbocycles. The first-order chi connectivity index (χ1) is 11.6. The Morgan fingerprint density at radius 1 is 1.12 bits per heavy atom. The van der Waals surface area contributed by atoms with Gasteiger partial charge in [0.1, 0.15) is 6.29 Å². The highest BCUT2D eigenvalue weighted by Crippen LogP contribution is 2.06. The predicted octanol–water partition coefficient (Wildman–Crippen LogP) is 2.25. The van der Waals surface area contributed by atoms with E-state index in [1.807, 2.05) is 61.5 Å². The zero-order valence-corrected chi connectivity index (χ0v) is 15.0. The molecule has 0 heterocycles. The molecule has 3 N–H and O–H groups in total. The van der Waals surface area contributed by atoms with Gasteiger partial charge < -0.3 is 10.6 Å². The molecule has 7 heteroatoms. The number of nitrogens with one attached hydrogen (secondary N) is 1. The summed E-state index contributed by atoms with van der Waals surface area (Å²) in [5.74, 6) is 0.924. The van der Waals surface area contributed by atoms with Crippen LogP contribution >= 0.6 is 12.4 Å². The zero-order valence-electron chi connectivity index (χ0n) is 14.2. The maximum atomic E-state index is 10.7. The van der Waals surface area contributed by atoms with Crippen LogP contribution in [0.4, 0.5) is 0 Å². The van der Waals surface area contributed by atoms with Crippen molar-refractivity contribution >= 4 is 30.5 Å². The third kappa shape index (κ3) is 6.27. The normalized spacial score (nSPS) is 11.4. The predicted molar refractivity (Wildman–Crippen MR) is 104 cm³/mol. The molecule has 6 nitrogen and oxygen atoms in total. The third-order valence-electron chi connectivity index (χ3n) is 3.28. The van der Waals surface area contributed by atoms with Crippen LogP contribution in [0.2, 0.25) is 0 Å². The SMILES string of the molecule is CN(C)C(=NNC(N)=NCc1ccccc1)c1ccc(C=O)cc1.Cl. The minimum Gasteiger partial charge on any atom is -0.369 e. The number of halogens is 1. The van der Waals surface area contributed by atoms with E-state index < -0.39 is 0 Å². The van der Waals surface area contributed by atoms with E-state index in [4.69, 9.17) is 5.73 Å². The summed E-state index contributed by atoms with van der Waals surface area (Å²) >= 11 is 0. The quantitative estimate of drug-likeness (QED) is 0.371. The topological polar surface area (TPSA) is 83.1 Å². The van der Waals surface area contributed by atoms with Gasteiger partial charge in [0.2, 0.25) is 5.96 Å². The lowest BCUT2D eigenvalue weighted by molar-refractivity contribution is 0.112. The highest BCUT2D eigenvalue weighted by Gasteiger charge is 2.06. The highest BCUT2D eigenvalue weighted by molar-refractivity contribution is 5.99. The van der Waals surface area contributed by atoms with Gasteiger partial charge in [0.15, 0.2) is 5.84 Å². The fraction of sp³-hybridized carbons (Fsp3) is 0.167. The molecule has 25 heavy (non-hydrogen) atoms. The van der Waals surface area contributed by atoms with Crippen molar-refractivity contribution in [1.29, 1.82) is 0 Å². The Hall–Kier alpha value is -2.86. The fourth-order valence-corrected chi connectivity index (χ4v) is 2.04. The molecule has 0 saturated carbocycles. The average molecular weight is 360 g/mol. The maximum absolute atomic E-state index is 10.7. The molecule has 0 fully saturated rings. The van der Waals surface area contributed by atoms with Gasteiger partial charge in [-0.2, -0.15) is 5.10 Å². The molecule has 2 aromatic rings. The first kappa shape index (κ1) is 20.2. The van der Waals surface area contributed by atoms with Gasteiger partial charge in [-0.25, -0.2) is 10.4 Å². The first-order valence-electron chi connectivity index (χ1n) is 7.50. The van der Waals surface area contributed by atoms with Crippen molar-refractivity contribution in [2.75, 3.05) is 14.1 Å². The number of hydrazone groups is 1. The van der Waals surface area contributed by atoms with Crippen molar-refractivity contribution in [3.05, 3.63) is 71.3 Å². The van der Waals surface area contributed by atoms with Crippen LogP contribution < -0.4 is 11.2 Å². The van der Waals surface area contributed by atoms with E-state index in [-0.39, 0.29) is 18.4 Å². The van der Waals surface area contributed by atoms with Gasteiger partial charge in [-0.3, -0.25) is 4.79 Å². The molecule has 0 unspecified atom stereocenters. The average Bonchev–Trinajstić information content (AvgIpc) is 2.61. The number of hydrogen-bond donors (Lipinski definition) is 2. The third-order valence-corrected chi connectivity index (χ3v) is 3.28. The molecule has 0 aliphatic rings. The van der Waals surface area contributed by atoms with E-state index >= 15 is 0 Å². The Morgan fingerprint density at radius 3 is 2.32 bits per heavy atom. The molecule has 132 valence electrons. The van der Waals surface area contributed by atoms with Crippen molar-refractivity contribution in [3.8, 4) is 0 Å². The summed E-state index contributed by atoms with van der Waals surface area (Å²) in [6, 6.07) is 17.0. The Labute approximate surface area is 153 Å². The zero-order chi connectivity index (χ0) is 17.4. The standard InChI is InChI=1S/C18H21N5O.ClH/c1-23(2)17(16-10-8-15(13-24)9-11-16)21-22-18(19)20-12-14-6-4-3-5-7-14;/h3-11,13H,12H2,1-2H3,(H3,19,20,22);1H. The summed E-state index contributed by atoms with van der Waals surface area (Å²) in [7, 11) is 3.76. The largest absolute Gasteiger partial charge is 0.369 e. The van der Waals surface area contributed by atoms with Gasteiger partial charge >= 0.3 is 0 Å². The first-order valence-corrected chi connectivity index (χ1v) is 7.50. The molecule has 0 aromatic heterocycles. The van der Waals surface area contributed by atoms with E-state index in [2.05, 4.69) is 15.5 Å². The lowest BCUT2D eigenvalue weighted by atomic mass is 10.1. The number of nitrogens with zero attached hydrogens (tertiary/aromatic N) is 3. The maximum Gasteiger partial charge on any atom is 0.209 e. The number of carbonyl (C=O) groups excluding carboxylic acids is 1. The molecule has 0 aliphatic heterocycles. The molecular weight excluding hydrogens is 338 g/mol. The summed E-state index contributed by atoms with van der Waals surface area (Å²) in [5, 5.41) is 4.31. The van der Waals surface area contributed by atoms with Crippen LogP contribution in [-0.2, 0) is 6.54 Å². The van der Waals surface area contributed by atoms with Crippen LogP contribution in [0, 0.1) is 0 Å². The van der Waals surface area contributed by atoms with Crippen molar-refractivity contribution < 1.29 is 4.79 Å². The summed E-state index contributed by atoms with van der Waals surface area (Å²) < 4.78 is 0. The number of benzene rings is 2. The number of guanidine groups is 1. The lowest BCUT2D eigenvalue weighted by Crippen LogP contribution is -2.32. The van der Waals surface area contributed by atoms with Gasteiger partial charge in [0, 0.05) is 25.2 Å². The van der Waals surface area contributed by atoms with Crippen molar-refractivity contribution in [2.24, 2.45) is 15.8 Å². The molecule has 0 atom stereocenters. The van der Waals surface area contributed by atoms with Crippen LogP contribution in [0.1, 0.15) is 21.5 Å². The van der Waals surface area contributed by atoms with Crippen LogP contribution in [0.3, 0.4) is 0 Å².